The molecular formula is C10H15N5. The molecule has 0 saturated carbocycles. The second-order valence-corrected chi connectivity index (χ2v) is 3.68. The van der Waals surface area contributed by atoms with Crippen molar-refractivity contribution >= 4 is 0 Å². The fourth-order valence-corrected chi connectivity index (χ4v) is 1.57. The number of hydrogen-bond acceptors (Lipinski definition) is 3. The minimum absolute atomic E-state index is 0.000674. The molecule has 0 aliphatic carbocycles. The van der Waals surface area contributed by atoms with Crippen molar-refractivity contribution in [3.8, 4) is 0 Å². The molecular weight excluding hydrogens is 190 g/mol. The monoisotopic (exact) mass is 205 g/mol. The Hall–Kier alpha value is -1.62. The van der Waals surface area contributed by atoms with Crippen LogP contribution in [0.25, 0.3) is 0 Å². The third kappa shape index (κ3) is 1.92. The molecule has 0 aliphatic heterocycles. The topological polar surface area (TPSA) is 61.7 Å². The van der Waals surface area contributed by atoms with Crippen molar-refractivity contribution in [2.75, 3.05) is 0 Å². The molecule has 2 aromatic heterocycles. The van der Waals surface area contributed by atoms with Gasteiger partial charge in [-0.1, -0.05) is 0 Å². The average molecular weight is 205 g/mol. The van der Waals surface area contributed by atoms with Crippen LogP contribution in [-0.4, -0.2) is 19.3 Å². The lowest BCUT2D eigenvalue weighted by atomic mass is 10.2. The second-order valence-electron chi connectivity index (χ2n) is 3.68. The zero-order chi connectivity index (χ0) is 10.8. The molecule has 0 spiro atoms. The van der Waals surface area contributed by atoms with Crippen LogP contribution in [-0.2, 0) is 13.6 Å². The Bertz CT molecular complexity index is 440. The van der Waals surface area contributed by atoms with Crippen molar-refractivity contribution < 1.29 is 0 Å². The Morgan fingerprint density at radius 3 is 2.93 bits per heavy atom. The molecule has 0 amide bonds. The van der Waals surface area contributed by atoms with E-state index in [9.17, 15) is 0 Å². The number of hydrogen-bond donors (Lipinski definition) is 1. The highest BCUT2D eigenvalue weighted by atomic mass is 15.3. The van der Waals surface area contributed by atoms with Crippen LogP contribution >= 0.6 is 0 Å². The lowest BCUT2D eigenvalue weighted by molar-refractivity contribution is 0.626. The zero-order valence-electron chi connectivity index (χ0n) is 8.96. The average Bonchev–Trinajstić information content (AvgIpc) is 2.77. The fraction of sp³-hybridized carbons (Fsp3) is 0.400. The van der Waals surface area contributed by atoms with Gasteiger partial charge in [0.25, 0.3) is 0 Å². The zero-order valence-corrected chi connectivity index (χ0v) is 8.96. The highest BCUT2D eigenvalue weighted by Gasteiger charge is 2.08. The molecule has 0 saturated heterocycles. The van der Waals surface area contributed by atoms with Gasteiger partial charge in [0.2, 0.25) is 0 Å². The summed E-state index contributed by atoms with van der Waals surface area (Å²) in [6.07, 6.45) is 5.39. The molecule has 0 radical (unpaired) electrons. The predicted octanol–water partition coefficient (Wildman–Crippen LogP) is 0.685. The van der Waals surface area contributed by atoms with Crippen LogP contribution in [0.4, 0.5) is 0 Å². The van der Waals surface area contributed by atoms with E-state index in [1.165, 1.54) is 0 Å². The van der Waals surface area contributed by atoms with Gasteiger partial charge in [-0.3, -0.25) is 4.68 Å². The van der Waals surface area contributed by atoms with Crippen molar-refractivity contribution in [3.63, 3.8) is 0 Å². The maximum absolute atomic E-state index is 5.84. The summed E-state index contributed by atoms with van der Waals surface area (Å²) in [6.45, 7) is 2.71. The van der Waals surface area contributed by atoms with E-state index in [0.717, 1.165) is 17.9 Å². The Morgan fingerprint density at radius 2 is 2.33 bits per heavy atom. The summed E-state index contributed by atoms with van der Waals surface area (Å²) in [7, 11) is 1.93. The highest BCUT2D eigenvalue weighted by molar-refractivity contribution is 5.08. The first-order valence-corrected chi connectivity index (χ1v) is 4.91. The number of nitrogens with two attached hydrogens (primary N) is 1. The maximum Gasteiger partial charge on any atom is 0.0952 e. The van der Waals surface area contributed by atoms with Crippen LogP contribution in [0.2, 0.25) is 0 Å². The molecule has 0 bridgehead atoms. The van der Waals surface area contributed by atoms with Gasteiger partial charge in [0.05, 0.1) is 24.3 Å². The van der Waals surface area contributed by atoms with Gasteiger partial charge in [0, 0.05) is 25.5 Å². The van der Waals surface area contributed by atoms with E-state index in [2.05, 4.69) is 10.1 Å². The van der Waals surface area contributed by atoms with Gasteiger partial charge in [0.15, 0.2) is 0 Å². The van der Waals surface area contributed by atoms with Crippen molar-refractivity contribution in [3.05, 3.63) is 36.2 Å². The van der Waals surface area contributed by atoms with Gasteiger partial charge in [-0.2, -0.15) is 5.10 Å². The first-order chi connectivity index (χ1) is 7.18. The summed E-state index contributed by atoms with van der Waals surface area (Å²) in [5.74, 6) is 0. The van der Waals surface area contributed by atoms with E-state index in [4.69, 9.17) is 5.73 Å². The standard InChI is InChI=1S/C10H15N5/c1-8(11)10-5-12-7-15(10)6-9-3-4-13-14(9)2/h3-5,7-8H,6,11H2,1-2H3. The fourth-order valence-electron chi connectivity index (χ4n) is 1.57. The smallest absolute Gasteiger partial charge is 0.0952 e. The van der Waals surface area contributed by atoms with E-state index in [-0.39, 0.29) is 6.04 Å². The first-order valence-electron chi connectivity index (χ1n) is 4.91. The maximum atomic E-state index is 5.84. The number of rotatable bonds is 3. The third-order valence-corrected chi connectivity index (χ3v) is 2.47. The minimum Gasteiger partial charge on any atom is -0.327 e. The van der Waals surface area contributed by atoms with Crippen LogP contribution in [0.15, 0.2) is 24.8 Å². The first kappa shape index (κ1) is 9.92. The van der Waals surface area contributed by atoms with E-state index in [1.54, 1.807) is 18.7 Å². The molecule has 1 unspecified atom stereocenters. The van der Waals surface area contributed by atoms with Crippen molar-refractivity contribution in [1.29, 1.82) is 0 Å². The summed E-state index contributed by atoms with van der Waals surface area (Å²) in [5, 5.41) is 4.12. The molecule has 15 heavy (non-hydrogen) atoms. The minimum atomic E-state index is 0.000674. The lowest BCUT2D eigenvalue weighted by Crippen LogP contribution is -2.13. The van der Waals surface area contributed by atoms with E-state index < -0.39 is 0 Å². The van der Waals surface area contributed by atoms with Crippen molar-refractivity contribution in [2.24, 2.45) is 12.8 Å². The number of aromatic nitrogens is 4. The summed E-state index contributed by atoms with van der Waals surface area (Å²) in [4.78, 5) is 4.11. The van der Waals surface area contributed by atoms with Gasteiger partial charge in [-0.15, -0.1) is 0 Å². The van der Waals surface area contributed by atoms with Crippen LogP contribution in [0, 0.1) is 0 Å². The summed E-state index contributed by atoms with van der Waals surface area (Å²) >= 11 is 0. The molecule has 2 heterocycles. The van der Waals surface area contributed by atoms with Gasteiger partial charge in [-0.05, 0) is 13.0 Å². The molecule has 2 rings (SSSR count). The van der Waals surface area contributed by atoms with Crippen molar-refractivity contribution in [2.45, 2.75) is 19.5 Å². The quantitative estimate of drug-likeness (QED) is 0.801. The van der Waals surface area contributed by atoms with E-state index in [1.807, 2.05) is 29.3 Å². The number of nitrogens with zero attached hydrogens (tertiary/aromatic N) is 4. The molecule has 80 valence electrons. The molecule has 5 nitrogen and oxygen atoms in total. The van der Waals surface area contributed by atoms with E-state index in [0.29, 0.717) is 0 Å². The molecule has 0 fully saturated rings. The Morgan fingerprint density at radius 1 is 1.53 bits per heavy atom. The largest absolute Gasteiger partial charge is 0.327 e. The van der Waals surface area contributed by atoms with Gasteiger partial charge < -0.3 is 10.3 Å². The van der Waals surface area contributed by atoms with Crippen LogP contribution in [0.3, 0.4) is 0 Å². The Balaban J connectivity index is 2.25. The molecule has 0 aliphatic rings. The summed E-state index contributed by atoms with van der Waals surface area (Å²) in [6, 6.07) is 1.99. The molecule has 2 aromatic rings. The van der Waals surface area contributed by atoms with Gasteiger partial charge in [0.1, 0.15) is 0 Å². The summed E-state index contributed by atoms with van der Waals surface area (Å²) < 4.78 is 3.90. The molecule has 1 atom stereocenters. The third-order valence-electron chi connectivity index (χ3n) is 2.47. The number of aryl methyl sites for hydroxylation is 1. The van der Waals surface area contributed by atoms with Gasteiger partial charge >= 0.3 is 0 Å². The van der Waals surface area contributed by atoms with E-state index >= 15 is 0 Å². The lowest BCUT2D eigenvalue weighted by Gasteiger charge is -2.10. The van der Waals surface area contributed by atoms with Crippen molar-refractivity contribution in [1.82, 2.24) is 19.3 Å². The second kappa shape index (κ2) is 3.86. The number of imidazole rings is 1. The van der Waals surface area contributed by atoms with Gasteiger partial charge in [-0.25, -0.2) is 4.98 Å². The van der Waals surface area contributed by atoms with Crippen LogP contribution in [0.5, 0.6) is 0 Å². The normalized spacial score (nSPS) is 13.0. The molecule has 0 aromatic carbocycles. The molecule has 2 N–H and O–H groups in total. The predicted molar refractivity (Wildman–Crippen MR) is 57.1 cm³/mol. The van der Waals surface area contributed by atoms with Crippen LogP contribution in [0.1, 0.15) is 24.4 Å². The van der Waals surface area contributed by atoms with Crippen LogP contribution < -0.4 is 5.73 Å². The highest BCUT2D eigenvalue weighted by Crippen LogP contribution is 2.10. The molecule has 5 heteroatoms. The SMILES string of the molecule is CC(N)c1cncn1Cc1ccnn1C. The summed E-state index contributed by atoms with van der Waals surface area (Å²) in [5.41, 5.74) is 8.02. The Labute approximate surface area is 88.5 Å². The Kier molecular flexibility index (Phi) is 2.55.